The number of hydrogen-bond acceptors (Lipinski definition) is 2. The van der Waals surface area contributed by atoms with Gasteiger partial charge in [0.15, 0.2) is 0 Å². The second-order valence-electron chi connectivity index (χ2n) is 11.3. The molecule has 4 heteroatoms. The summed E-state index contributed by atoms with van der Waals surface area (Å²) < 4.78 is 2.53. The number of hydrogen-bond donors (Lipinski definition) is 1. The summed E-state index contributed by atoms with van der Waals surface area (Å²) in [4.78, 5) is 13.7. The molecule has 5 heterocycles. The van der Waals surface area contributed by atoms with E-state index in [1.165, 1.54) is 55.2 Å². The standard InChI is InChI=1S/C37H44N4/c1-5-9-12-15-33-32(8-4)36-26-31-20-19-28(39-31)24-27-17-18-29(38-27)25-30-21-22-35(40-30)34(16-13-10-6-2)37(33)41(36)23-14-11-7-3/h4,17-22,24-26,38H,5-7,9-16,23H2,1-3H3. The maximum atomic E-state index is 6.37. The molecule has 0 aromatic carbocycles. The van der Waals surface area contributed by atoms with Gasteiger partial charge in [-0.1, -0.05) is 65.2 Å². The Morgan fingerprint density at radius 2 is 1.29 bits per heavy atom. The summed E-state index contributed by atoms with van der Waals surface area (Å²) in [6.07, 6.45) is 27.4. The molecule has 0 radical (unpaired) electrons. The first-order valence-electron chi connectivity index (χ1n) is 15.7. The third-order valence-corrected chi connectivity index (χ3v) is 8.16. The third kappa shape index (κ3) is 6.57. The number of rotatable bonds is 12. The van der Waals surface area contributed by atoms with Gasteiger partial charge in [-0.15, -0.1) is 6.42 Å². The van der Waals surface area contributed by atoms with Gasteiger partial charge < -0.3 is 9.55 Å². The number of aromatic amines is 1. The van der Waals surface area contributed by atoms with Crippen molar-refractivity contribution in [3.05, 3.63) is 69.8 Å². The van der Waals surface area contributed by atoms with E-state index in [1.807, 2.05) is 0 Å². The number of aryl methyl sites for hydroxylation is 3. The summed E-state index contributed by atoms with van der Waals surface area (Å²) in [6, 6.07) is 10.6. The molecular weight excluding hydrogens is 500 g/mol. The smallest absolute Gasteiger partial charge is 0.0690 e. The van der Waals surface area contributed by atoms with E-state index in [1.54, 1.807) is 0 Å². The Bertz CT molecular complexity index is 1640. The van der Waals surface area contributed by atoms with E-state index in [0.717, 1.165) is 83.5 Å². The Kier molecular flexibility index (Phi) is 9.57. The highest BCUT2D eigenvalue weighted by Crippen LogP contribution is 2.33. The van der Waals surface area contributed by atoms with E-state index >= 15 is 0 Å². The summed E-state index contributed by atoms with van der Waals surface area (Å²) in [6.45, 7) is 7.75. The van der Waals surface area contributed by atoms with Crippen molar-refractivity contribution in [2.75, 3.05) is 0 Å². The summed E-state index contributed by atoms with van der Waals surface area (Å²) in [7, 11) is 0. The van der Waals surface area contributed by atoms with Crippen LogP contribution in [0.5, 0.6) is 0 Å². The number of aromatic nitrogens is 4. The van der Waals surface area contributed by atoms with Crippen LogP contribution in [0.4, 0.5) is 0 Å². The molecule has 0 saturated carbocycles. The normalized spacial score (nSPS) is 12.2. The number of nitrogens with one attached hydrogen (secondary N) is 1. The van der Waals surface area contributed by atoms with Crippen LogP contribution in [0.2, 0.25) is 0 Å². The predicted molar refractivity (Wildman–Crippen MR) is 176 cm³/mol. The fourth-order valence-electron chi connectivity index (χ4n) is 6.05. The molecule has 0 atom stereocenters. The minimum absolute atomic E-state index is 0.937. The third-order valence-electron chi connectivity index (χ3n) is 8.16. The van der Waals surface area contributed by atoms with Crippen LogP contribution >= 0.6 is 0 Å². The molecule has 0 amide bonds. The fraction of sp³-hybridized carbons (Fsp3) is 0.405. The fourth-order valence-corrected chi connectivity index (χ4v) is 6.05. The summed E-state index contributed by atoms with van der Waals surface area (Å²) >= 11 is 0. The average Bonchev–Trinajstić information content (AvgIpc) is 3.76. The van der Waals surface area contributed by atoms with Crippen molar-refractivity contribution in [2.45, 2.75) is 97.9 Å². The van der Waals surface area contributed by atoms with Crippen molar-refractivity contribution >= 4 is 46.4 Å². The van der Waals surface area contributed by atoms with Gasteiger partial charge in [-0.2, -0.15) is 0 Å². The Balaban J connectivity index is 1.92. The lowest BCUT2D eigenvalue weighted by atomic mass is 9.98. The van der Waals surface area contributed by atoms with E-state index in [0.29, 0.717) is 0 Å². The molecule has 2 aliphatic rings. The molecule has 212 valence electrons. The van der Waals surface area contributed by atoms with Crippen molar-refractivity contribution in [1.82, 2.24) is 19.5 Å². The molecule has 8 bridgehead atoms. The van der Waals surface area contributed by atoms with Crippen LogP contribution in [0.3, 0.4) is 0 Å². The van der Waals surface area contributed by atoms with E-state index in [4.69, 9.17) is 16.4 Å². The minimum Gasteiger partial charge on any atom is -0.355 e. The van der Waals surface area contributed by atoms with Crippen LogP contribution < -0.4 is 0 Å². The van der Waals surface area contributed by atoms with Crippen molar-refractivity contribution < 1.29 is 0 Å². The monoisotopic (exact) mass is 544 g/mol. The molecule has 2 aliphatic heterocycles. The van der Waals surface area contributed by atoms with E-state index in [9.17, 15) is 0 Å². The number of H-pyrrole nitrogens is 1. The highest BCUT2D eigenvalue weighted by Gasteiger charge is 2.20. The molecule has 0 unspecified atom stereocenters. The van der Waals surface area contributed by atoms with Gasteiger partial charge in [0.1, 0.15) is 0 Å². The number of nitrogens with zero attached hydrogens (tertiary/aromatic N) is 3. The van der Waals surface area contributed by atoms with Crippen molar-refractivity contribution in [1.29, 1.82) is 0 Å². The van der Waals surface area contributed by atoms with Gasteiger partial charge in [0.2, 0.25) is 0 Å². The Morgan fingerprint density at radius 3 is 1.95 bits per heavy atom. The lowest BCUT2D eigenvalue weighted by molar-refractivity contribution is 0.623. The first-order chi connectivity index (χ1) is 20.1. The highest BCUT2D eigenvalue weighted by atomic mass is 15.0. The maximum absolute atomic E-state index is 6.37. The lowest BCUT2D eigenvalue weighted by Gasteiger charge is -2.13. The van der Waals surface area contributed by atoms with Gasteiger partial charge in [-0.25, -0.2) is 9.97 Å². The Labute approximate surface area is 245 Å². The molecule has 3 aromatic heterocycles. The SMILES string of the molecule is C#Cc1c(CCCCC)c2c(CCCCC)c3nc(cc4ccc(cc5nc(cc1n2CCCCC)C=C5)[nH]4)C=C3. The maximum Gasteiger partial charge on any atom is 0.0690 e. The van der Waals surface area contributed by atoms with Crippen LogP contribution in [0.15, 0.2) is 30.3 Å². The van der Waals surface area contributed by atoms with Crippen LogP contribution in [-0.4, -0.2) is 19.5 Å². The van der Waals surface area contributed by atoms with Crippen LogP contribution in [0.25, 0.3) is 46.4 Å². The van der Waals surface area contributed by atoms with Crippen LogP contribution in [0, 0.1) is 12.3 Å². The first-order valence-corrected chi connectivity index (χ1v) is 15.7. The lowest BCUT2D eigenvalue weighted by Crippen LogP contribution is -2.03. The molecule has 4 nitrogen and oxygen atoms in total. The average molecular weight is 545 g/mol. The molecule has 0 fully saturated rings. The summed E-state index contributed by atoms with van der Waals surface area (Å²) in [5.74, 6) is 3.16. The largest absolute Gasteiger partial charge is 0.355 e. The van der Waals surface area contributed by atoms with Crippen molar-refractivity contribution in [3.8, 4) is 12.3 Å². The first kappa shape index (κ1) is 28.7. The molecule has 41 heavy (non-hydrogen) atoms. The van der Waals surface area contributed by atoms with Gasteiger partial charge in [0.05, 0.1) is 39.4 Å². The van der Waals surface area contributed by atoms with Crippen molar-refractivity contribution in [3.63, 3.8) is 0 Å². The number of unbranched alkanes of at least 4 members (excludes halogenated alkanes) is 6. The second-order valence-corrected chi connectivity index (χ2v) is 11.3. The van der Waals surface area contributed by atoms with Gasteiger partial charge in [-0.3, -0.25) is 0 Å². The van der Waals surface area contributed by atoms with Crippen molar-refractivity contribution in [2.24, 2.45) is 0 Å². The second kappa shape index (κ2) is 13.7. The molecule has 3 aromatic rings. The molecule has 0 saturated heterocycles. The van der Waals surface area contributed by atoms with Gasteiger partial charge >= 0.3 is 0 Å². The Morgan fingerprint density at radius 1 is 0.707 bits per heavy atom. The minimum atomic E-state index is 0.937. The van der Waals surface area contributed by atoms with E-state index in [2.05, 4.69) is 90.9 Å². The molecular formula is C37H44N4. The molecule has 5 rings (SSSR count). The zero-order valence-electron chi connectivity index (χ0n) is 25.1. The number of terminal acetylenes is 1. The van der Waals surface area contributed by atoms with Crippen LogP contribution in [0.1, 0.15) is 118 Å². The quantitative estimate of drug-likeness (QED) is 0.125. The van der Waals surface area contributed by atoms with Gasteiger partial charge in [-0.05, 0) is 92.3 Å². The Hall–Kier alpha value is -3.84. The molecule has 0 aliphatic carbocycles. The topological polar surface area (TPSA) is 46.5 Å². The van der Waals surface area contributed by atoms with Crippen LogP contribution in [-0.2, 0) is 19.4 Å². The van der Waals surface area contributed by atoms with Gasteiger partial charge in [0.25, 0.3) is 0 Å². The predicted octanol–water partition coefficient (Wildman–Crippen LogP) is 9.77. The zero-order chi connectivity index (χ0) is 28.6. The van der Waals surface area contributed by atoms with E-state index < -0.39 is 0 Å². The van der Waals surface area contributed by atoms with Gasteiger partial charge in [0, 0.05) is 23.1 Å². The number of fused-ring (bicyclic) bond motifs is 8. The zero-order valence-corrected chi connectivity index (χ0v) is 25.1. The van der Waals surface area contributed by atoms with E-state index in [-0.39, 0.29) is 0 Å². The molecule has 0 spiro atoms. The highest BCUT2D eigenvalue weighted by molar-refractivity contribution is 5.85. The summed E-state index contributed by atoms with van der Waals surface area (Å²) in [5.41, 5.74) is 12.1. The molecule has 1 N–H and O–H groups in total. The summed E-state index contributed by atoms with van der Waals surface area (Å²) in [5, 5.41) is 0.